The number of likely N-dealkylation sites (N-methyl/N-ethyl adjacent to an activating group) is 2. The number of hydrogen-bond donors (Lipinski definition) is 0. The monoisotopic (exact) mass is 254 g/mol. The summed E-state index contributed by atoms with van der Waals surface area (Å²) < 4.78 is 4.61. The summed E-state index contributed by atoms with van der Waals surface area (Å²) in [6, 6.07) is 0. The molecule has 0 aromatic rings. The van der Waals surface area contributed by atoms with Gasteiger partial charge < -0.3 is 9.64 Å². The fourth-order valence-electron chi connectivity index (χ4n) is 1.94. The molecule has 0 N–H and O–H groups in total. The van der Waals surface area contributed by atoms with Crippen LogP contribution in [0.4, 0.5) is 0 Å². The summed E-state index contributed by atoms with van der Waals surface area (Å²) in [6.07, 6.45) is 5.24. The van der Waals surface area contributed by atoms with E-state index in [1.165, 1.54) is 7.11 Å². The van der Waals surface area contributed by atoms with Crippen LogP contribution in [-0.2, 0) is 14.3 Å². The normalized spacial score (nSPS) is 14.6. The molecule has 1 rings (SSSR count). The molecular formula is C13H22N2O3. The maximum atomic E-state index is 12.1. The number of allylic oxidation sites excluding steroid dienone is 2. The number of carbonyl (C=O) groups is 2. The van der Waals surface area contributed by atoms with Crippen LogP contribution in [-0.4, -0.2) is 55.5 Å². The van der Waals surface area contributed by atoms with Crippen LogP contribution in [0.3, 0.4) is 0 Å². The zero-order chi connectivity index (χ0) is 13.5. The highest BCUT2D eigenvalue weighted by atomic mass is 16.5. The predicted octanol–water partition coefficient (Wildman–Crippen LogP) is 1.01. The van der Waals surface area contributed by atoms with Crippen molar-refractivity contribution >= 4 is 11.9 Å². The molecule has 0 aliphatic heterocycles. The smallest absolute Gasteiger partial charge is 0.319 e. The van der Waals surface area contributed by atoms with Crippen molar-refractivity contribution in [2.45, 2.75) is 26.2 Å². The summed E-state index contributed by atoms with van der Waals surface area (Å²) in [5.74, 6) is -0.290. The Balaban J connectivity index is 2.48. The van der Waals surface area contributed by atoms with Crippen LogP contribution in [0, 0.1) is 0 Å². The van der Waals surface area contributed by atoms with Crippen molar-refractivity contribution in [1.82, 2.24) is 9.80 Å². The van der Waals surface area contributed by atoms with Crippen LogP contribution in [0.1, 0.15) is 26.2 Å². The van der Waals surface area contributed by atoms with Crippen molar-refractivity contribution in [3.8, 4) is 0 Å². The molecule has 18 heavy (non-hydrogen) atoms. The molecule has 5 nitrogen and oxygen atoms in total. The van der Waals surface area contributed by atoms with E-state index in [1.54, 1.807) is 16.8 Å². The lowest BCUT2D eigenvalue weighted by Gasteiger charge is -2.23. The Bertz CT molecular complexity index is 339. The van der Waals surface area contributed by atoms with Gasteiger partial charge in [0.1, 0.15) is 0 Å². The maximum Gasteiger partial charge on any atom is 0.319 e. The molecule has 5 heteroatoms. The quantitative estimate of drug-likeness (QED) is 0.664. The third-order valence-corrected chi connectivity index (χ3v) is 3.21. The Kier molecular flexibility index (Phi) is 5.85. The Morgan fingerprint density at radius 3 is 2.61 bits per heavy atom. The van der Waals surface area contributed by atoms with Gasteiger partial charge in [0.25, 0.3) is 0 Å². The summed E-state index contributed by atoms with van der Waals surface area (Å²) in [6.45, 7) is 2.98. The standard InChI is InChI=1S/C13H22N2O3/c1-4-15(10-13(17)18-3)9-12(16)14(2)11-7-5-6-8-11/h7H,4-6,8-10H2,1-3H3. The van der Waals surface area contributed by atoms with Gasteiger partial charge >= 0.3 is 5.97 Å². The van der Waals surface area contributed by atoms with Crippen molar-refractivity contribution in [1.29, 1.82) is 0 Å². The van der Waals surface area contributed by atoms with Gasteiger partial charge in [-0.3, -0.25) is 14.5 Å². The first kappa shape index (κ1) is 14.7. The van der Waals surface area contributed by atoms with Gasteiger partial charge in [-0.15, -0.1) is 0 Å². The lowest BCUT2D eigenvalue weighted by molar-refractivity contribution is -0.142. The largest absolute Gasteiger partial charge is 0.468 e. The molecule has 1 aliphatic carbocycles. The highest BCUT2D eigenvalue weighted by molar-refractivity contribution is 5.80. The van der Waals surface area contributed by atoms with E-state index in [4.69, 9.17) is 0 Å². The third kappa shape index (κ3) is 4.14. The molecule has 0 bridgehead atoms. The predicted molar refractivity (Wildman–Crippen MR) is 68.8 cm³/mol. The topological polar surface area (TPSA) is 49.9 Å². The SMILES string of the molecule is CCN(CC(=O)OC)CC(=O)N(C)C1=CCCC1. The first-order valence-corrected chi connectivity index (χ1v) is 6.33. The highest BCUT2D eigenvalue weighted by Crippen LogP contribution is 2.20. The summed E-state index contributed by atoms with van der Waals surface area (Å²) in [4.78, 5) is 26.7. The third-order valence-electron chi connectivity index (χ3n) is 3.21. The Hall–Kier alpha value is -1.36. The van der Waals surface area contributed by atoms with Crippen molar-refractivity contribution in [3.05, 3.63) is 11.8 Å². The first-order chi connectivity index (χ1) is 8.58. The second-order valence-electron chi connectivity index (χ2n) is 4.42. The van der Waals surface area contributed by atoms with E-state index in [0.29, 0.717) is 6.54 Å². The molecule has 0 atom stereocenters. The zero-order valence-electron chi connectivity index (χ0n) is 11.4. The summed E-state index contributed by atoms with van der Waals surface area (Å²) in [5.41, 5.74) is 1.09. The van der Waals surface area contributed by atoms with Gasteiger partial charge in [0, 0.05) is 12.7 Å². The van der Waals surface area contributed by atoms with Crippen LogP contribution < -0.4 is 0 Å². The minimum atomic E-state index is -0.313. The Morgan fingerprint density at radius 2 is 2.11 bits per heavy atom. The molecule has 0 aromatic heterocycles. The minimum Gasteiger partial charge on any atom is -0.468 e. The number of methoxy groups -OCH3 is 1. The highest BCUT2D eigenvalue weighted by Gasteiger charge is 2.19. The second kappa shape index (κ2) is 7.16. The van der Waals surface area contributed by atoms with E-state index in [1.807, 2.05) is 6.92 Å². The van der Waals surface area contributed by atoms with Gasteiger partial charge in [-0.2, -0.15) is 0 Å². The molecule has 0 unspecified atom stereocenters. The molecule has 0 fully saturated rings. The summed E-state index contributed by atoms with van der Waals surface area (Å²) in [5, 5.41) is 0. The molecule has 0 heterocycles. The van der Waals surface area contributed by atoms with Crippen LogP contribution in [0.15, 0.2) is 11.8 Å². The van der Waals surface area contributed by atoms with E-state index in [0.717, 1.165) is 25.0 Å². The van der Waals surface area contributed by atoms with Gasteiger partial charge in [0.05, 0.1) is 20.2 Å². The van der Waals surface area contributed by atoms with Crippen LogP contribution >= 0.6 is 0 Å². The van der Waals surface area contributed by atoms with Crippen LogP contribution in [0.25, 0.3) is 0 Å². The van der Waals surface area contributed by atoms with Gasteiger partial charge in [0.15, 0.2) is 0 Å². The van der Waals surface area contributed by atoms with Crippen LogP contribution in [0.2, 0.25) is 0 Å². The lowest BCUT2D eigenvalue weighted by atomic mass is 10.3. The van der Waals surface area contributed by atoms with Gasteiger partial charge in [-0.05, 0) is 25.8 Å². The fourth-order valence-corrected chi connectivity index (χ4v) is 1.94. The average molecular weight is 254 g/mol. The fraction of sp³-hybridized carbons (Fsp3) is 0.692. The summed E-state index contributed by atoms with van der Waals surface area (Å²) >= 11 is 0. The van der Waals surface area contributed by atoms with Crippen molar-refractivity contribution < 1.29 is 14.3 Å². The molecule has 0 saturated carbocycles. The molecular weight excluding hydrogens is 232 g/mol. The van der Waals surface area contributed by atoms with E-state index in [2.05, 4.69) is 10.8 Å². The number of nitrogens with zero attached hydrogens (tertiary/aromatic N) is 2. The lowest BCUT2D eigenvalue weighted by Crippen LogP contribution is -2.40. The number of ether oxygens (including phenoxy) is 1. The first-order valence-electron chi connectivity index (χ1n) is 6.33. The Labute approximate surface area is 108 Å². The van der Waals surface area contributed by atoms with Gasteiger partial charge in [-0.25, -0.2) is 0 Å². The average Bonchev–Trinajstić information content (AvgIpc) is 2.90. The van der Waals surface area contributed by atoms with E-state index in [9.17, 15) is 9.59 Å². The van der Waals surface area contributed by atoms with Gasteiger partial charge in [0.2, 0.25) is 5.91 Å². The number of hydrogen-bond acceptors (Lipinski definition) is 4. The van der Waals surface area contributed by atoms with Gasteiger partial charge in [-0.1, -0.05) is 13.0 Å². The zero-order valence-corrected chi connectivity index (χ0v) is 11.4. The van der Waals surface area contributed by atoms with Crippen molar-refractivity contribution in [2.75, 3.05) is 33.8 Å². The number of amides is 1. The molecule has 0 aromatic carbocycles. The molecule has 1 aliphatic rings. The van der Waals surface area contributed by atoms with Crippen LogP contribution in [0.5, 0.6) is 0 Å². The van der Waals surface area contributed by atoms with Crippen molar-refractivity contribution in [2.24, 2.45) is 0 Å². The number of rotatable bonds is 6. The molecule has 1 amide bonds. The maximum absolute atomic E-state index is 12.1. The van der Waals surface area contributed by atoms with E-state index in [-0.39, 0.29) is 25.0 Å². The number of esters is 1. The Morgan fingerprint density at radius 1 is 1.39 bits per heavy atom. The molecule has 102 valence electrons. The van der Waals surface area contributed by atoms with E-state index < -0.39 is 0 Å². The minimum absolute atomic E-state index is 0.0221. The molecule has 0 radical (unpaired) electrons. The number of carbonyl (C=O) groups excluding carboxylic acids is 2. The van der Waals surface area contributed by atoms with Crippen molar-refractivity contribution in [3.63, 3.8) is 0 Å². The molecule has 0 saturated heterocycles. The second-order valence-corrected chi connectivity index (χ2v) is 4.42. The summed E-state index contributed by atoms with van der Waals surface area (Å²) in [7, 11) is 3.15. The molecule has 0 spiro atoms. The van der Waals surface area contributed by atoms with E-state index >= 15 is 0 Å².